The molecule has 0 amide bonds. The lowest BCUT2D eigenvalue weighted by atomic mass is 10.0. The number of allylic oxidation sites excluding steroid dienone is 12. The fourth-order valence-corrected chi connectivity index (χ4v) is 11.5. The van der Waals surface area contributed by atoms with E-state index < -0.39 is 18.4 Å². The first-order valence-electron chi connectivity index (χ1n) is 39.1. The molecule has 0 aromatic rings. The number of rotatable bonds is 73. The van der Waals surface area contributed by atoms with Crippen molar-refractivity contribution in [3.8, 4) is 0 Å². The molecule has 2 atom stereocenters. The number of nitrogens with zero attached hydrogens (tertiary/aromatic N) is 1. The molecule has 530 valence electrons. The third-order valence-electron chi connectivity index (χ3n) is 17.4. The lowest BCUT2D eigenvalue weighted by molar-refractivity contribution is -0.870. The second-order valence-corrected chi connectivity index (χ2v) is 27.6. The molecule has 0 aromatic heterocycles. The van der Waals surface area contributed by atoms with Crippen LogP contribution in [0.5, 0.6) is 0 Å². The number of likely N-dealkylation sites (N-methyl/N-ethyl adjacent to an activating group) is 1. The van der Waals surface area contributed by atoms with E-state index in [1.807, 2.05) is 21.1 Å². The fraction of sp³-hybridized carbons (Fsp3) is 0.817. The summed E-state index contributed by atoms with van der Waals surface area (Å²) in [6.45, 7) is 4.82. The molecular weight excluding hydrogens is 1130 g/mol. The van der Waals surface area contributed by atoms with Gasteiger partial charge in [-0.3, -0.25) is 9.59 Å². The zero-order chi connectivity index (χ0) is 66.1. The second kappa shape index (κ2) is 72.6. The standard InChI is InChI=1S/C82H149NO8/c1-6-8-10-12-14-16-18-20-22-24-26-28-30-32-34-36-38-40-42-44-46-48-50-52-54-56-58-60-62-64-66-68-70-72-79(84)89-76-78(77-90-82(81(86)87)88-75-74-83(3,4)5)91-80(85)73-71-69-67-65-63-61-59-57-55-53-51-49-47-45-43-41-39-37-35-33-31-29-27-25-23-21-19-17-15-13-11-9-7-2/h9,11,15,17,21,23-24,26-27,29,33,35,78,82H,6-8,10,12-14,16,18-20,22,25,28,30-32,34,36-77H2,1-5H3/p+1/b11-9-,17-15-,23-21-,26-24-,29-27-,35-33-. The second-order valence-electron chi connectivity index (χ2n) is 27.6. The molecule has 0 aromatic carbocycles. The van der Waals surface area contributed by atoms with E-state index in [-0.39, 0.29) is 38.2 Å². The van der Waals surface area contributed by atoms with Gasteiger partial charge in [0.15, 0.2) is 6.10 Å². The molecule has 0 saturated heterocycles. The number of hydrogen-bond acceptors (Lipinski definition) is 7. The summed E-state index contributed by atoms with van der Waals surface area (Å²) in [7, 11) is 5.99. The number of aliphatic carboxylic acids is 1. The number of quaternary nitrogens is 1. The molecule has 0 radical (unpaired) electrons. The third kappa shape index (κ3) is 74.0. The molecule has 9 nitrogen and oxygen atoms in total. The van der Waals surface area contributed by atoms with Crippen LogP contribution in [0.25, 0.3) is 0 Å². The Hall–Kier alpha value is -3.27. The van der Waals surface area contributed by atoms with Gasteiger partial charge < -0.3 is 28.5 Å². The first-order valence-corrected chi connectivity index (χ1v) is 39.1. The maximum Gasteiger partial charge on any atom is 0.361 e. The quantitative estimate of drug-likeness (QED) is 0.0211. The Balaban J connectivity index is 4.01. The van der Waals surface area contributed by atoms with Gasteiger partial charge in [-0.2, -0.15) is 0 Å². The summed E-state index contributed by atoms with van der Waals surface area (Å²) in [4.78, 5) is 37.7. The molecule has 0 saturated carbocycles. The van der Waals surface area contributed by atoms with Gasteiger partial charge in [0.05, 0.1) is 34.4 Å². The van der Waals surface area contributed by atoms with E-state index in [1.165, 1.54) is 276 Å². The van der Waals surface area contributed by atoms with Crippen molar-refractivity contribution in [2.24, 2.45) is 0 Å². The van der Waals surface area contributed by atoms with Crippen molar-refractivity contribution in [2.45, 2.75) is 386 Å². The summed E-state index contributed by atoms with van der Waals surface area (Å²) >= 11 is 0. The monoisotopic (exact) mass is 1280 g/mol. The van der Waals surface area contributed by atoms with Gasteiger partial charge in [-0.05, 0) is 83.5 Å². The molecule has 0 aliphatic carbocycles. The molecule has 0 heterocycles. The number of unbranched alkanes of at least 4 members (excludes halogenated alkanes) is 46. The van der Waals surface area contributed by atoms with Crippen LogP contribution in [0.4, 0.5) is 0 Å². The van der Waals surface area contributed by atoms with E-state index >= 15 is 0 Å². The molecule has 1 N–H and O–H groups in total. The van der Waals surface area contributed by atoms with Gasteiger partial charge in [-0.25, -0.2) is 4.79 Å². The lowest BCUT2D eigenvalue weighted by Gasteiger charge is -2.25. The summed E-state index contributed by atoms with van der Waals surface area (Å²) in [6.07, 6.45) is 94.8. The highest BCUT2D eigenvalue weighted by Crippen LogP contribution is 2.19. The van der Waals surface area contributed by atoms with Gasteiger partial charge in [0.1, 0.15) is 13.2 Å². The SMILES string of the molecule is CC/C=C\C/C=C\C/C=C\C/C=C\C/C=C\CCCCCCCCCCCCCCCCCCCC(=O)OC(COC(=O)CCCCCCCCCCCCCCCCCCCCCCC/C=C\CCCCCCCCCC)COC(OCC[N+](C)(C)C)C(=O)O. The number of carbonyl (C=O) groups excluding carboxylic acids is 2. The van der Waals surface area contributed by atoms with Crippen molar-refractivity contribution < 1.29 is 42.9 Å². The van der Waals surface area contributed by atoms with Gasteiger partial charge in [0.2, 0.25) is 0 Å². The van der Waals surface area contributed by atoms with Crippen LogP contribution >= 0.6 is 0 Å². The Morgan fingerprint density at radius 3 is 0.945 bits per heavy atom. The Morgan fingerprint density at radius 1 is 0.341 bits per heavy atom. The molecule has 0 fully saturated rings. The maximum absolute atomic E-state index is 13.0. The van der Waals surface area contributed by atoms with Crippen LogP contribution in [0, 0.1) is 0 Å². The number of ether oxygens (including phenoxy) is 4. The zero-order valence-corrected chi connectivity index (χ0v) is 60.8. The lowest BCUT2D eigenvalue weighted by Crippen LogP contribution is -2.40. The van der Waals surface area contributed by atoms with Crippen molar-refractivity contribution in [2.75, 3.05) is 47.5 Å². The molecule has 0 bridgehead atoms. The van der Waals surface area contributed by atoms with E-state index in [4.69, 9.17) is 18.9 Å². The third-order valence-corrected chi connectivity index (χ3v) is 17.4. The average Bonchev–Trinajstić information content (AvgIpc) is 3.46. The van der Waals surface area contributed by atoms with Crippen LogP contribution in [0.3, 0.4) is 0 Å². The van der Waals surface area contributed by atoms with Gasteiger partial charge in [0, 0.05) is 12.8 Å². The van der Waals surface area contributed by atoms with Crippen LogP contribution < -0.4 is 0 Å². The van der Waals surface area contributed by atoms with Crippen molar-refractivity contribution in [1.82, 2.24) is 0 Å². The first kappa shape index (κ1) is 87.7. The van der Waals surface area contributed by atoms with Crippen molar-refractivity contribution in [3.05, 3.63) is 72.9 Å². The molecular formula is C82H150NO8+. The highest BCUT2D eigenvalue weighted by Gasteiger charge is 2.25. The Morgan fingerprint density at radius 2 is 0.626 bits per heavy atom. The van der Waals surface area contributed by atoms with Crippen LogP contribution in [0.15, 0.2) is 72.9 Å². The molecule has 9 heteroatoms. The van der Waals surface area contributed by atoms with Gasteiger partial charge >= 0.3 is 17.9 Å². The molecule has 0 aliphatic rings. The predicted molar refractivity (Wildman–Crippen MR) is 392 cm³/mol. The number of esters is 2. The Bertz CT molecular complexity index is 1730. The normalized spacial score (nSPS) is 13.0. The summed E-state index contributed by atoms with van der Waals surface area (Å²) in [5.74, 6) is -1.98. The van der Waals surface area contributed by atoms with Crippen molar-refractivity contribution in [1.29, 1.82) is 0 Å². The predicted octanol–water partition coefficient (Wildman–Crippen LogP) is 24.8. The van der Waals surface area contributed by atoms with Gasteiger partial charge in [-0.1, -0.05) is 350 Å². The fourth-order valence-electron chi connectivity index (χ4n) is 11.5. The molecule has 0 aliphatic heterocycles. The van der Waals surface area contributed by atoms with E-state index in [2.05, 4.69) is 86.8 Å². The highest BCUT2D eigenvalue weighted by atomic mass is 16.7. The van der Waals surface area contributed by atoms with E-state index in [9.17, 15) is 19.5 Å². The minimum absolute atomic E-state index is 0.179. The van der Waals surface area contributed by atoms with Crippen LogP contribution in [-0.4, -0.2) is 87.4 Å². The van der Waals surface area contributed by atoms with E-state index in [1.54, 1.807) is 0 Å². The molecule has 91 heavy (non-hydrogen) atoms. The average molecular weight is 1280 g/mol. The largest absolute Gasteiger partial charge is 0.477 e. The van der Waals surface area contributed by atoms with Crippen molar-refractivity contribution in [3.63, 3.8) is 0 Å². The Labute approximate surface area is 564 Å². The van der Waals surface area contributed by atoms with Gasteiger partial charge in [0.25, 0.3) is 6.29 Å². The summed E-state index contributed by atoms with van der Waals surface area (Å²) in [5.41, 5.74) is 0. The number of carboxylic acids is 1. The smallest absolute Gasteiger partial charge is 0.361 e. The van der Waals surface area contributed by atoms with Gasteiger partial charge in [-0.15, -0.1) is 0 Å². The van der Waals surface area contributed by atoms with E-state index in [0.29, 0.717) is 17.4 Å². The maximum atomic E-state index is 13.0. The minimum atomic E-state index is -1.51. The minimum Gasteiger partial charge on any atom is -0.477 e. The summed E-state index contributed by atoms with van der Waals surface area (Å²) < 4.78 is 23.1. The topological polar surface area (TPSA) is 108 Å². The number of carboxylic acid groups (broad SMARTS) is 1. The van der Waals surface area contributed by atoms with Crippen molar-refractivity contribution >= 4 is 17.9 Å². The van der Waals surface area contributed by atoms with Crippen LogP contribution in [-0.2, 0) is 33.3 Å². The number of hydrogen-bond donors (Lipinski definition) is 1. The molecule has 2 unspecified atom stereocenters. The summed E-state index contributed by atoms with van der Waals surface area (Å²) in [6, 6.07) is 0. The molecule has 0 rings (SSSR count). The highest BCUT2D eigenvalue weighted by molar-refractivity contribution is 5.71. The van der Waals surface area contributed by atoms with Crippen LogP contribution in [0.1, 0.15) is 373 Å². The summed E-state index contributed by atoms with van der Waals surface area (Å²) in [5, 5.41) is 9.77. The van der Waals surface area contributed by atoms with E-state index in [0.717, 1.165) is 70.6 Å². The zero-order valence-electron chi connectivity index (χ0n) is 60.8. The number of carbonyl (C=O) groups is 3. The van der Waals surface area contributed by atoms with Crippen LogP contribution in [0.2, 0.25) is 0 Å². The molecule has 0 spiro atoms. The Kier molecular flexibility index (Phi) is 69.9. The first-order chi connectivity index (χ1) is 44.6.